The predicted octanol–water partition coefficient (Wildman–Crippen LogP) is 4.28. The summed E-state index contributed by atoms with van der Waals surface area (Å²) < 4.78 is 5.48. The molecule has 6 heteroatoms. The van der Waals surface area contributed by atoms with Gasteiger partial charge in [0.05, 0.1) is 5.02 Å². The van der Waals surface area contributed by atoms with Gasteiger partial charge in [-0.2, -0.15) is 0 Å². The number of hydrogen-bond donors (Lipinski definition) is 1. The van der Waals surface area contributed by atoms with E-state index in [0.717, 1.165) is 43.9 Å². The van der Waals surface area contributed by atoms with Crippen molar-refractivity contribution in [2.24, 2.45) is 0 Å². The van der Waals surface area contributed by atoms with E-state index in [1.54, 1.807) is 11.3 Å². The second-order valence-electron chi connectivity index (χ2n) is 6.67. The highest BCUT2D eigenvalue weighted by Crippen LogP contribution is 2.23. The monoisotopic (exact) mass is 344 g/mol. The number of nitrogens with zero attached hydrogens (tertiary/aromatic N) is 1. The number of halogens is 1. The number of nitrogens with one attached hydrogen (secondary N) is 1. The van der Waals surface area contributed by atoms with Crippen LogP contribution in [0.3, 0.4) is 0 Å². The molecule has 1 aliphatic heterocycles. The molecule has 0 aromatic carbocycles. The number of hydrogen-bond acceptors (Lipinski definition) is 4. The molecular formula is C16H25ClN2O2S. The van der Waals surface area contributed by atoms with Crippen LogP contribution < -0.4 is 5.32 Å². The average Bonchev–Trinajstić information content (AvgIpc) is 3.01. The van der Waals surface area contributed by atoms with Crippen molar-refractivity contribution in [1.29, 1.82) is 0 Å². The number of ether oxygens (including phenoxy) is 1. The first-order valence-corrected chi connectivity index (χ1v) is 9.04. The summed E-state index contributed by atoms with van der Waals surface area (Å²) in [5.41, 5.74) is -0.430. The number of rotatable bonds is 5. The van der Waals surface area contributed by atoms with Crippen LogP contribution in [-0.4, -0.2) is 35.7 Å². The number of carbonyl (C=O) groups excluding carboxylic acids is 1. The molecule has 4 nitrogen and oxygen atoms in total. The Morgan fingerprint density at radius 1 is 1.55 bits per heavy atom. The molecule has 1 fully saturated rings. The maximum Gasteiger partial charge on any atom is 0.410 e. The van der Waals surface area contributed by atoms with Gasteiger partial charge in [-0.15, -0.1) is 11.3 Å². The van der Waals surface area contributed by atoms with E-state index in [2.05, 4.69) is 5.32 Å². The van der Waals surface area contributed by atoms with E-state index in [9.17, 15) is 4.79 Å². The topological polar surface area (TPSA) is 41.6 Å². The molecule has 2 rings (SSSR count). The lowest BCUT2D eigenvalue weighted by Crippen LogP contribution is -2.40. The maximum absolute atomic E-state index is 12.2. The van der Waals surface area contributed by atoms with Crippen molar-refractivity contribution in [3.05, 3.63) is 21.3 Å². The zero-order valence-corrected chi connectivity index (χ0v) is 15.1. The van der Waals surface area contributed by atoms with Crippen LogP contribution >= 0.6 is 22.9 Å². The fourth-order valence-electron chi connectivity index (χ4n) is 2.62. The minimum atomic E-state index is -0.430. The van der Waals surface area contributed by atoms with Gasteiger partial charge in [-0.25, -0.2) is 4.79 Å². The highest BCUT2D eigenvalue weighted by Gasteiger charge is 2.31. The van der Waals surface area contributed by atoms with Crippen molar-refractivity contribution in [1.82, 2.24) is 10.2 Å². The zero-order valence-electron chi connectivity index (χ0n) is 13.5. The van der Waals surface area contributed by atoms with Gasteiger partial charge in [-0.05, 0) is 52.6 Å². The Labute approximate surface area is 141 Å². The van der Waals surface area contributed by atoms with E-state index < -0.39 is 5.60 Å². The van der Waals surface area contributed by atoms with Crippen molar-refractivity contribution in [3.8, 4) is 0 Å². The third kappa shape index (κ3) is 5.45. The van der Waals surface area contributed by atoms with Crippen LogP contribution in [-0.2, 0) is 11.3 Å². The highest BCUT2D eigenvalue weighted by molar-refractivity contribution is 7.10. The molecule has 2 heterocycles. The normalized spacial score (nSPS) is 18.7. The summed E-state index contributed by atoms with van der Waals surface area (Å²) in [7, 11) is 0. The molecule has 0 aliphatic carbocycles. The standard InChI is InChI=1S/C16H25ClN2O2S/c1-16(2,3)21-15(20)19-8-4-5-13(19)6-7-18-10-14-9-12(17)11-22-14/h9,11,13,18H,4-8,10H2,1-3H3. The SMILES string of the molecule is CC(C)(C)OC(=O)N1CCCC1CCNCc1cc(Cl)cs1. The van der Waals surface area contributed by atoms with Crippen LogP contribution in [0.5, 0.6) is 0 Å². The minimum absolute atomic E-state index is 0.181. The lowest BCUT2D eigenvalue weighted by Gasteiger charge is -2.28. The second kappa shape index (κ2) is 7.66. The maximum atomic E-state index is 12.2. The largest absolute Gasteiger partial charge is 0.444 e. The summed E-state index contributed by atoms with van der Waals surface area (Å²) in [6, 6.07) is 2.27. The predicted molar refractivity (Wildman–Crippen MR) is 91.6 cm³/mol. The first kappa shape index (κ1) is 17.6. The number of thiophene rings is 1. The van der Waals surface area contributed by atoms with Crippen LogP contribution in [0, 0.1) is 0 Å². The van der Waals surface area contributed by atoms with Gasteiger partial charge >= 0.3 is 6.09 Å². The summed E-state index contributed by atoms with van der Waals surface area (Å²) in [5, 5.41) is 6.17. The summed E-state index contributed by atoms with van der Waals surface area (Å²) in [6.45, 7) is 8.24. The van der Waals surface area contributed by atoms with Gasteiger partial charge in [0, 0.05) is 29.4 Å². The molecular weight excluding hydrogens is 320 g/mol. The molecule has 1 aromatic rings. The van der Waals surface area contributed by atoms with Gasteiger partial charge in [0.15, 0.2) is 0 Å². The number of carbonyl (C=O) groups is 1. The smallest absolute Gasteiger partial charge is 0.410 e. The molecule has 1 amide bonds. The van der Waals surface area contributed by atoms with Crippen LogP contribution in [0.15, 0.2) is 11.4 Å². The Hall–Kier alpha value is -0.780. The van der Waals surface area contributed by atoms with Gasteiger partial charge in [-0.1, -0.05) is 11.6 Å². The molecule has 1 aliphatic rings. The Balaban J connectivity index is 1.73. The molecule has 1 N–H and O–H groups in total. The van der Waals surface area contributed by atoms with Gasteiger partial charge in [-0.3, -0.25) is 0 Å². The molecule has 22 heavy (non-hydrogen) atoms. The van der Waals surface area contributed by atoms with E-state index >= 15 is 0 Å². The van der Waals surface area contributed by atoms with Crippen LogP contribution in [0.4, 0.5) is 4.79 Å². The lowest BCUT2D eigenvalue weighted by atomic mass is 10.1. The van der Waals surface area contributed by atoms with E-state index in [1.165, 1.54) is 4.88 Å². The molecule has 0 saturated carbocycles. The van der Waals surface area contributed by atoms with Gasteiger partial charge in [0.1, 0.15) is 5.60 Å². The van der Waals surface area contributed by atoms with Crippen molar-refractivity contribution in [2.75, 3.05) is 13.1 Å². The molecule has 1 saturated heterocycles. The Kier molecular flexibility index (Phi) is 6.12. The third-order valence-corrected chi connectivity index (χ3v) is 4.86. The lowest BCUT2D eigenvalue weighted by molar-refractivity contribution is 0.0221. The minimum Gasteiger partial charge on any atom is -0.444 e. The van der Waals surface area contributed by atoms with Gasteiger partial charge in [0.25, 0.3) is 0 Å². The molecule has 1 atom stereocenters. The van der Waals surface area contributed by atoms with E-state index in [4.69, 9.17) is 16.3 Å². The summed E-state index contributed by atoms with van der Waals surface area (Å²) >= 11 is 7.57. The van der Waals surface area contributed by atoms with Crippen molar-refractivity contribution in [3.63, 3.8) is 0 Å². The van der Waals surface area contributed by atoms with E-state index in [0.29, 0.717) is 0 Å². The average molecular weight is 345 g/mol. The van der Waals surface area contributed by atoms with Gasteiger partial charge in [0.2, 0.25) is 0 Å². The van der Waals surface area contributed by atoms with Crippen molar-refractivity contribution >= 4 is 29.0 Å². The molecule has 1 unspecified atom stereocenters. The van der Waals surface area contributed by atoms with Gasteiger partial charge < -0.3 is 15.0 Å². The summed E-state index contributed by atoms with van der Waals surface area (Å²) in [5.74, 6) is 0. The van der Waals surface area contributed by atoms with E-state index in [-0.39, 0.29) is 12.1 Å². The van der Waals surface area contributed by atoms with E-state index in [1.807, 2.05) is 37.1 Å². The number of amides is 1. The molecule has 1 aromatic heterocycles. The highest BCUT2D eigenvalue weighted by atomic mass is 35.5. The first-order chi connectivity index (χ1) is 10.3. The molecule has 0 spiro atoms. The summed E-state index contributed by atoms with van der Waals surface area (Å²) in [4.78, 5) is 15.3. The van der Waals surface area contributed by atoms with Crippen molar-refractivity contribution < 1.29 is 9.53 Å². The van der Waals surface area contributed by atoms with Crippen molar-refractivity contribution in [2.45, 2.75) is 58.2 Å². The Bertz CT molecular complexity index is 499. The summed E-state index contributed by atoms with van der Waals surface area (Å²) in [6.07, 6.45) is 2.90. The van der Waals surface area contributed by atoms with Crippen LogP contribution in [0.1, 0.15) is 44.9 Å². The fourth-order valence-corrected chi connectivity index (χ4v) is 3.67. The second-order valence-corrected chi connectivity index (χ2v) is 8.10. The Morgan fingerprint density at radius 3 is 2.95 bits per heavy atom. The molecule has 124 valence electrons. The Morgan fingerprint density at radius 2 is 2.32 bits per heavy atom. The fraction of sp³-hybridized carbons (Fsp3) is 0.688. The first-order valence-electron chi connectivity index (χ1n) is 7.78. The quantitative estimate of drug-likeness (QED) is 0.810. The third-order valence-electron chi connectivity index (χ3n) is 3.58. The van der Waals surface area contributed by atoms with Crippen LogP contribution in [0.2, 0.25) is 5.02 Å². The molecule has 0 bridgehead atoms. The van der Waals surface area contributed by atoms with Crippen LogP contribution in [0.25, 0.3) is 0 Å². The zero-order chi connectivity index (χ0) is 16.2. The number of likely N-dealkylation sites (tertiary alicyclic amines) is 1. The molecule has 0 radical (unpaired) electrons.